The van der Waals surface area contributed by atoms with Gasteiger partial charge in [-0.05, 0) is 50.1 Å². The molecule has 0 aromatic heterocycles. The zero-order valence-electron chi connectivity index (χ0n) is 15.9. The Morgan fingerprint density at radius 3 is 2.76 bits per heavy atom. The number of thiocarbonyl (C=S) groups is 1. The molecule has 1 aliphatic heterocycles. The van der Waals surface area contributed by atoms with Crippen LogP contribution >= 0.6 is 35.6 Å². The van der Waals surface area contributed by atoms with Gasteiger partial charge in [-0.2, -0.15) is 5.06 Å². The lowest BCUT2D eigenvalue weighted by Gasteiger charge is -2.37. The van der Waals surface area contributed by atoms with Gasteiger partial charge in [0.1, 0.15) is 16.3 Å². The molecular formula is C20H21ClFN3O2S2. The van der Waals surface area contributed by atoms with E-state index < -0.39 is 16.9 Å². The lowest BCUT2D eigenvalue weighted by Crippen LogP contribution is -2.55. The number of benzene rings is 2. The summed E-state index contributed by atoms with van der Waals surface area (Å²) in [5.74, 6) is -0.291. The van der Waals surface area contributed by atoms with Crippen LogP contribution in [0.4, 0.5) is 14.9 Å². The Hall–Kier alpha value is -1.87. The van der Waals surface area contributed by atoms with E-state index in [0.717, 1.165) is 0 Å². The standard InChI is InChI=1S/C20H21ClFN3O2S2/c1-20(2)17(25(27)18(26)23-15-8-5-7-14(21)12-15)24(19(28)29-20)11-10-13-6-3-4-9-16(13)22/h3-9,12,17,27H,10-11H2,1-2H3,(H,23,26). The molecular weight excluding hydrogens is 433 g/mol. The van der Waals surface area contributed by atoms with E-state index in [1.165, 1.54) is 17.8 Å². The van der Waals surface area contributed by atoms with E-state index in [4.69, 9.17) is 23.8 Å². The predicted molar refractivity (Wildman–Crippen MR) is 119 cm³/mol. The highest BCUT2D eigenvalue weighted by Crippen LogP contribution is 2.42. The van der Waals surface area contributed by atoms with Crippen LogP contribution in [0.2, 0.25) is 5.02 Å². The van der Waals surface area contributed by atoms with Crippen molar-refractivity contribution in [3.05, 3.63) is 64.9 Å². The minimum atomic E-state index is -0.717. The van der Waals surface area contributed by atoms with Crippen molar-refractivity contribution in [3.8, 4) is 0 Å². The van der Waals surface area contributed by atoms with E-state index in [9.17, 15) is 14.4 Å². The molecule has 1 atom stereocenters. The van der Waals surface area contributed by atoms with Crippen LogP contribution in [0.15, 0.2) is 48.5 Å². The molecule has 1 unspecified atom stereocenters. The van der Waals surface area contributed by atoms with Crippen molar-refractivity contribution in [2.75, 3.05) is 11.9 Å². The molecule has 2 aromatic rings. The van der Waals surface area contributed by atoms with Gasteiger partial charge < -0.3 is 10.2 Å². The molecule has 3 rings (SSSR count). The highest BCUT2D eigenvalue weighted by molar-refractivity contribution is 8.24. The van der Waals surface area contributed by atoms with E-state index in [0.29, 0.717) is 38.6 Å². The molecule has 5 nitrogen and oxygen atoms in total. The van der Waals surface area contributed by atoms with Gasteiger partial charge in [-0.15, -0.1) is 0 Å². The zero-order valence-corrected chi connectivity index (χ0v) is 18.3. The summed E-state index contributed by atoms with van der Waals surface area (Å²) in [6.45, 7) is 4.16. The molecule has 1 saturated heterocycles. The minimum absolute atomic E-state index is 0.291. The van der Waals surface area contributed by atoms with Crippen LogP contribution in [0, 0.1) is 5.82 Å². The maximum Gasteiger partial charge on any atom is 0.347 e. The summed E-state index contributed by atoms with van der Waals surface area (Å²) in [4.78, 5) is 14.4. The molecule has 29 heavy (non-hydrogen) atoms. The van der Waals surface area contributed by atoms with E-state index in [1.807, 2.05) is 13.8 Å². The summed E-state index contributed by atoms with van der Waals surface area (Å²) in [5, 5.41) is 14.5. The topological polar surface area (TPSA) is 55.8 Å². The Bertz CT molecular complexity index is 928. The third-order valence-electron chi connectivity index (χ3n) is 4.60. The van der Waals surface area contributed by atoms with Gasteiger partial charge in [0.15, 0.2) is 0 Å². The number of hydroxylamine groups is 2. The zero-order chi connectivity index (χ0) is 21.2. The SMILES string of the molecule is CC1(C)SC(=S)N(CCc2ccccc2F)C1N(O)C(=O)Nc1cccc(Cl)c1. The first kappa shape index (κ1) is 21.8. The number of carbonyl (C=O) groups excluding carboxylic acids is 1. The lowest BCUT2D eigenvalue weighted by atomic mass is 10.1. The third-order valence-corrected chi connectivity index (χ3v) is 6.46. The number of nitrogens with one attached hydrogen (secondary N) is 1. The predicted octanol–water partition coefficient (Wildman–Crippen LogP) is 5.38. The molecule has 1 aliphatic rings. The number of urea groups is 1. The quantitative estimate of drug-likeness (QED) is 0.361. The van der Waals surface area contributed by atoms with Crippen molar-refractivity contribution in [3.63, 3.8) is 0 Å². The molecule has 9 heteroatoms. The number of hydrogen-bond donors (Lipinski definition) is 2. The number of rotatable bonds is 5. The van der Waals surface area contributed by atoms with Crippen LogP contribution in [0.1, 0.15) is 19.4 Å². The Labute approximate surface area is 183 Å². The second-order valence-electron chi connectivity index (χ2n) is 7.16. The summed E-state index contributed by atoms with van der Waals surface area (Å²) >= 11 is 12.8. The van der Waals surface area contributed by atoms with Crippen molar-refractivity contribution < 1.29 is 14.4 Å². The van der Waals surface area contributed by atoms with Crippen LogP contribution in [0.3, 0.4) is 0 Å². The number of hydrogen-bond acceptors (Lipinski definition) is 4. The van der Waals surface area contributed by atoms with Gasteiger partial charge >= 0.3 is 6.03 Å². The molecule has 2 aromatic carbocycles. The van der Waals surface area contributed by atoms with Crippen LogP contribution in [-0.2, 0) is 6.42 Å². The summed E-state index contributed by atoms with van der Waals surface area (Å²) in [7, 11) is 0. The molecule has 0 saturated carbocycles. The maximum atomic E-state index is 14.0. The van der Waals surface area contributed by atoms with Gasteiger partial charge in [0.05, 0.1) is 4.75 Å². The first-order valence-corrected chi connectivity index (χ1v) is 10.6. The highest BCUT2D eigenvalue weighted by Gasteiger charge is 2.49. The molecule has 0 aliphatic carbocycles. The summed E-state index contributed by atoms with van der Waals surface area (Å²) < 4.78 is 14.0. The van der Waals surface area contributed by atoms with Gasteiger partial charge in [-0.1, -0.05) is 59.8 Å². The van der Waals surface area contributed by atoms with Crippen LogP contribution in [-0.4, -0.2) is 43.0 Å². The average Bonchev–Trinajstić information content (AvgIpc) is 2.88. The Kier molecular flexibility index (Phi) is 6.68. The number of nitrogens with zero attached hydrogens (tertiary/aromatic N) is 2. The fraction of sp³-hybridized carbons (Fsp3) is 0.300. The van der Waals surface area contributed by atoms with Crippen LogP contribution in [0.25, 0.3) is 0 Å². The van der Waals surface area contributed by atoms with Crippen molar-refractivity contribution in [2.45, 2.75) is 31.2 Å². The fourth-order valence-electron chi connectivity index (χ4n) is 3.25. The Morgan fingerprint density at radius 2 is 2.07 bits per heavy atom. The van der Waals surface area contributed by atoms with Gasteiger partial charge in [0.2, 0.25) is 0 Å². The van der Waals surface area contributed by atoms with E-state index >= 15 is 0 Å². The Balaban J connectivity index is 1.76. The molecule has 2 N–H and O–H groups in total. The molecule has 0 spiro atoms. The molecule has 1 heterocycles. The first-order valence-electron chi connectivity index (χ1n) is 8.97. The molecule has 0 radical (unpaired) electrons. The van der Waals surface area contributed by atoms with Crippen LogP contribution < -0.4 is 5.32 Å². The summed E-state index contributed by atoms with van der Waals surface area (Å²) in [6, 6.07) is 12.5. The average molecular weight is 454 g/mol. The van der Waals surface area contributed by atoms with Crippen LogP contribution in [0.5, 0.6) is 0 Å². The number of thioether (sulfide) groups is 1. The summed E-state index contributed by atoms with van der Waals surface area (Å²) in [6.07, 6.45) is -0.324. The van der Waals surface area contributed by atoms with Crippen molar-refractivity contribution in [2.24, 2.45) is 0 Å². The Morgan fingerprint density at radius 1 is 1.34 bits per heavy atom. The second-order valence-corrected chi connectivity index (χ2v) is 9.89. The smallest absolute Gasteiger partial charge is 0.333 e. The largest absolute Gasteiger partial charge is 0.347 e. The third kappa shape index (κ3) is 5.01. The van der Waals surface area contributed by atoms with Gasteiger partial charge in [0, 0.05) is 17.3 Å². The maximum absolute atomic E-state index is 14.0. The normalized spacial score (nSPS) is 18.0. The first-order chi connectivity index (χ1) is 13.7. The van der Waals surface area contributed by atoms with E-state index in [1.54, 1.807) is 47.4 Å². The molecule has 2 amide bonds. The number of carbonyl (C=O) groups is 1. The van der Waals surface area contributed by atoms with Crippen molar-refractivity contribution in [1.82, 2.24) is 9.96 Å². The van der Waals surface area contributed by atoms with Gasteiger partial charge in [-0.3, -0.25) is 5.21 Å². The number of amides is 2. The highest BCUT2D eigenvalue weighted by atomic mass is 35.5. The molecule has 0 bridgehead atoms. The lowest BCUT2D eigenvalue weighted by molar-refractivity contribution is -0.114. The monoisotopic (exact) mass is 453 g/mol. The minimum Gasteiger partial charge on any atom is -0.333 e. The fourth-order valence-corrected chi connectivity index (χ4v) is 5.37. The van der Waals surface area contributed by atoms with Gasteiger partial charge in [0.25, 0.3) is 0 Å². The van der Waals surface area contributed by atoms with E-state index in [2.05, 4.69) is 5.32 Å². The van der Waals surface area contributed by atoms with Crippen molar-refractivity contribution >= 4 is 51.6 Å². The second kappa shape index (κ2) is 8.87. The number of halogens is 2. The van der Waals surface area contributed by atoms with Gasteiger partial charge in [-0.25, -0.2) is 9.18 Å². The number of anilines is 1. The van der Waals surface area contributed by atoms with Crippen molar-refractivity contribution in [1.29, 1.82) is 0 Å². The van der Waals surface area contributed by atoms with E-state index in [-0.39, 0.29) is 5.82 Å². The summed E-state index contributed by atoms with van der Waals surface area (Å²) in [5.41, 5.74) is 1.02. The molecule has 154 valence electrons. The molecule has 1 fully saturated rings.